The lowest BCUT2D eigenvalue weighted by atomic mass is 9.75. The fourth-order valence-corrected chi connectivity index (χ4v) is 5.14. The van der Waals surface area contributed by atoms with Gasteiger partial charge in [-0.25, -0.2) is 13.8 Å². The Morgan fingerprint density at radius 1 is 1.13 bits per heavy atom. The van der Waals surface area contributed by atoms with Gasteiger partial charge in [0.05, 0.1) is 13.3 Å². The molecule has 0 amide bonds. The highest BCUT2D eigenvalue weighted by Crippen LogP contribution is 2.51. The Morgan fingerprint density at radius 2 is 1.89 bits per heavy atom. The number of rotatable bonds is 9. The largest absolute Gasteiger partial charge is 0.486 e. The number of aromatic nitrogens is 1. The molecule has 0 spiro atoms. The number of aliphatic carboxylic acids is 1. The van der Waals surface area contributed by atoms with Gasteiger partial charge in [0.1, 0.15) is 12.4 Å². The fraction of sp³-hybridized carbons (Fsp3) is 0.419. The minimum Gasteiger partial charge on any atom is -0.486 e. The second-order valence-corrected chi connectivity index (χ2v) is 9.97. The monoisotopic (exact) mass is 525 g/mol. The van der Waals surface area contributed by atoms with Gasteiger partial charge in [-0.3, -0.25) is 4.79 Å². The summed E-state index contributed by atoms with van der Waals surface area (Å²) in [4.78, 5) is 14.8. The third kappa shape index (κ3) is 6.69. The van der Waals surface area contributed by atoms with Gasteiger partial charge in [0.2, 0.25) is 5.88 Å². The Morgan fingerprint density at radius 3 is 2.55 bits per heavy atom. The van der Waals surface area contributed by atoms with E-state index in [1.54, 1.807) is 18.2 Å². The Labute approximate surface area is 223 Å². The Kier molecular flexibility index (Phi) is 9.84. The maximum atomic E-state index is 14.9. The number of hydrogen-bond acceptors (Lipinski definition) is 4. The molecule has 1 atom stereocenters. The first-order valence-corrected chi connectivity index (χ1v) is 13.1. The van der Waals surface area contributed by atoms with E-state index >= 15 is 0 Å². The summed E-state index contributed by atoms with van der Waals surface area (Å²) in [5.41, 5.74) is 3.45. The van der Waals surface area contributed by atoms with Crippen LogP contribution in [-0.2, 0) is 17.8 Å². The van der Waals surface area contributed by atoms with Crippen LogP contribution < -0.4 is 9.47 Å². The molecule has 2 aromatic carbocycles. The number of pyridine rings is 1. The summed E-state index contributed by atoms with van der Waals surface area (Å²) in [6.45, 7) is 8.60. The highest BCUT2D eigenvalue weighted by molar-refractivity contribution is 5.70. The molecule has 1 aliphatic carbocycles. The fourth-order valence-electron chi connectivity index (χ4n) is 5.14. The zero-order chi connectivity index (χ0) is 27.9. The van der Waals surface area contributed by atoms with Crippen LogP contribution in [0.1, 0.15) is 76.0 Å². The van der Waals surface area contributed by atoms with Gasteiger partial charge in [0.15, 0.2) is 11.6 Å². The molecule has 1 fully saturated rings. The maximum Gasteiger partial charge on any atom is 0.303 e. The topological polar surface area (TPSA) is 68.7 Å². The molecule has 0 bridgehead atoms. The molecule has 204 valence electrons. The zero-order valence-corrected chi connectivity index (χ0v) is 22.8. The van der Waals surface area contributed by atoms with E-state index in [1.807, 2.05) is 32.0 Å². The van der Waals surface area contributed by atoms with Crippen molar-refractivity contribution in [2.75, 3.05) is 7.11 Å². The first-order valence-electron chi connectivity index (χ1n) is 13.1. The Bertz CT molecular complexity index is 1260. The minimum atomic E-state index is -0.980. The Hall–Kier alpha value is -3.48. The van der Waals surface area contributed by atoms with E-state index in [9.17, 15) is 13.6 Å². The van der Waals surface area contributed by atoms with Crippen LogP contribution in [0.3, 0.4) is 0 Å². The van der Waals surface area contributed by atoms with Crippen LogP contribution >= 0.6 is 0 Å². The van der Waals surface area contributed by atoms with Crippen molar-refractivity contribution in [1.29, 1.82) is 0 Å². The molecule has 0 radical (unpaired) electrons. The number of aryl methyl sites for hydroxylation is 1. The molecule has 0 aliphatic heterocycles. The van der Waals surface area contributed by atoms with Crippen molar-refractivity contribution in [3.8, 4) is 22.8 Å². The van der Waals surface area contributed by atoms with Crippen molar-refractivity contribution in [3.05, 3.63) is 77.0 Å². The molecule has 0 saturated heterocycles. The maximum absolute atomic E-state index is 14.9. The quantitative estimate of drug-likeness (QED) is 0.307. The van der Waals surface area contributed by atoms with Gasteiger partial charge in [-0.1, -0.05) is 64.4 Å². The molecular formula is C31H37F2NO4. The summed E-state index contributed by atoms with van der Waals surface area (Å²) in [6.07, 6.45) is 4.28. The standard InChI is InChI=1S/C29H31F2NO4.C2H6/c1-29(2)13-5-7-23(29)21-14-18(9-11-20(21)22-15-26(35-3)32-16-24(22)30)17-36-25-8-4-6-19(28(25)31)10-12-27(33)34;1-2/h4,6,8-9,11,14-16,23H,5,7,10,12-13,17H2,1-3H3,(H,33,34);1-2H3. The molecule has 38 heavy (non-hydrogen) atoms. The van der Waals surface area contributed by atoms with Crippen molar-refractivity contribution in [3.63, 3.8) is 0 Å². The van der Waals surface area contributed by atoms with Crippen LogP contribution in [0.25, 0.3) is 11.1 Å². The van der Waals surface area contributed by atoms with E-state index < -0.39 is 17.6 Å². The van der Waals surface area contributed by atoms with Gasteiger partial charge in [0, 0.05) is 18.1 Å². The van der Waals surface area contributed by atoms with E-state index in [0.717, 1.165) is 36.0 Å². The summed E-state index contributed by atoms with van der Waals surface area (Å²) in [5.74, 6) is -1.30. The van der Waals surface area contributed by atoms with Crippen LogP contribution in [0.5, 0.6) is 11.6 Å². The third-order valence-corrected chi connectivity index (χ3v) is 7.12. The van der Waals surface area contributed by atoms with Crippen molar-refractivity contribution in [2.45, 2.75) is 72.3 Å². The van der Waals surface area contributed by atoms with E-state index in [2.05, 4.69) is 18.8 Å². The molecule has 1 aliphatic rings. The summed E-state index contributed by atoms with van der Waals surface area (Å²) in [7, 11) is 1.50. The lowest BCUT2D eigenvalue weighted by molar-refractivity contribution is -0.136. The van der Waals surface area contributed by atoms with E-state index in [1.165, 1.54) is 19.4 Å². The molecule has 1 saturated carbocycles. The van der Waals surface area contributed by atoms with Crippen molar-refractivity contribution in [2.24, 2.45) is 5.41 Å². The average Bonchev–Trinajstić information content (AvgIpc) is 3.27. The second-order valence-electron chi connectivity index (χ2n) is 9.97. The van der Waals surface area contributed by atoms with Gasteiger partial charge >= 0.3 is 5.97 Å². The Balaban J connectivity index is 0.00000195. The smallest absolute Gasteiger partial charge is 0.303 e. The van der Waals surface area contributed by atoms with Crippen molar-refractivity contribution >= 4 is 5.97 Å². The number of carbonyl (C=O) groups is 1. The minimum absolute atomic E-state index is 0.0480. The first-order chi connectivity index (χ1) is 18.2. The summed E-state index contributed by atoms with van der Waals surface area (Å²) < 4.78 is 40.8. The van der Waals surface area contributed by atoms with Gasteiger partial charge in [0.25, 0.3) is 0 Å². The summed E-state index contributed by atoms with van der Waals surface area (Å²) >= 11 is 0. The third-order valence-electron chi connectivity index (χ3n) is 7.12. The number of halogens is 2. The number of ether oxygens (including phenoxy) is 2. The van der Waals surface area contributed by atoms with Crippen LogP contribution in [-0.4, -0.2) is 23.2 Å². The van der Waals surface area contributed by atoms with Crippen molar-refractivity contribution in [1.82, 2.24) is 4.98 Å². The summed E-state index contributed by atoms with van der Waals surface area (Å²) in [5, 5.41) is 8.90. The van der Waals surface area contributed by atoms with Gasteiger partial charge < -0.3 is 14.6 Å². The molecule has 7 heteroatoms. The molecule has 1 aromatic heterocycles. The number of methoxy groups -OCH3 is 1. The molecule has 1 N–H and O–H groups in total. The summed E-state index contributed by atoms with van der Waals surface area (Å²) in [6, 6.07) is 12.2. The molecule has 3 aromatic rings. The van der Waals surface area contributed by atoms with Gasteiger partial charge in [-0.15, -0.1) is 0 Å². The SMILES string of the molecule is CC.COc1cc(-c2ccc(COc3cccc(CCC(=O)O)c3F)cc2C2CCCC2(C)C)c(F)cn1. The first kappa shape index (κ1) is 29.1. The predicted octanol–water partition coefficient (Wildman–Crippen LogP) is 7.95. The molecular weight excluding hydrogens is 488 g/mol. The average molecular weight is 526 g/mol. The molecule has 4 rings (SSSR count). The molecule has 1 heterocycles. The number of benzene rings is 2. The lowest BCUT2D eigenvalue weighted by Crippen LogP contribution is -2.17. The number of nitrogens with zero attached hydrogens (tertiary/aromatic N) is 1. The number of carboxylic acids is 1. The predicted molar refractivity (Wildman–Crippen MR) is 145 cm³/mol. The van der Waals surface area contributed by atoms with Gasteiger partial charge in [-0.05, 0) is 58.9 Å². The number of hydrogen-bond donors (Lipinski definition) is 1. The molecule has 1 unspecified atom stereocenters. The normalized spacial score (nSPS) is 15.9. The van der Waals surface area contributed by atoms with E-state index in [-0.39, 0.29) is 36.5 Å². The van der Waals surface area contributed by atoms with Crippen LogP contribution in [0.15, 0.2) is 48.7 Å². The van der Waals surface area contributed by atoms with Crippen LogP contribution in [0, 0.1) is 17.0 Å². The second kappa shape index (κ2) is 12.9. The number of carboxylic acid groups (broad SMARTS) is 1. The highest BCUT2D eigenvalue weighted by Gasteiger charge is 2.37. The van der Waals surface area contributed by atoms with E-state index in [0.29, 0.717) is 17.0 Å². The van der Waals surface area contributed by atoms with Crippen LogP contribution in [0.2, 0.25) is 0 Å². The van der Waals surface area contributed by atoms with Crippen molar-refractivity contribution < 1.29 is 28.2 Å². The molecule has 5 nitrogen and oxygen atoms in total. The lowest BCUT2D eigenvalue weighted by Gasteiger charge is -2.30. The van der Waals surface area contributed by atoms with Crippen LogP contribution in [0.4, 0.5) is 8.78 Å². The van der Waals surface area contributed by atoms with Gasteiger partial charge in [-0.2, -0.15) is 0 Å². The van der Waals surface area contributed by atoms with E-state index in [4.69, 9.17) is 14.6 Å². The zero-order valence-electron chi connectivity index (χ0n) is 22.8. The highest BCUT2D eigenvalue weighted by atomic mass is 19.1.